The molecule has 15 heavy (non-hydrogen) atoms. The zero-order valence-corrected chi connectivity index (χ0v) is 8.35. The fraction of sp³-hybridized carbons (Fsp3) is 0.400. The molecule has 1 aliphatic carbocycles. The minimum Gasteiger partial charge on any atom is -0.469 e. The number of esters is 2. The molecule has 2 unspecified atom stereocenters. The molecule has 0 N–H and O–H groups in total. The van der Waals surface area contributed by atoms with Crippen molar-refractivity contribution in [2.45, 2.75) is 0 Å². The van der Waals surface area contributed by atoms with E-state index < -0.39 is 22.8 Å². The molecule has 80 valence electrons. The predicted molar refractivity (Wildman–Crippen MR) is 48.4 cm³/mol. The summed E-state index contributed by atoms with van der Waals surface area (Å²) in [5, 5.41) is 0. The number of methoxy groups -OCH3 is 2. The van der Waals surface area contributed by atoms with Gasteiger partial charge >= 0.3 is 11.9 Å². The van der Waals surface area contributed by atoms with Crippen molar-refractivity contribution >= 4 is 18.2 Å². The van der Waals surface area contributed by atoms with Gasteiger partial charge in [-0.05, 0) is 0 Å². The number of ether oxygens (including phenoxy) is 2. The molecule has 1 aliphatic heterocycles. The van der Waals surface area contributed by atoms with Gasteiger partial charge in [-0.25, -0.2) is 0 Å². The van der Waals surface area contributed by atoms with Crippen molar-refractivity contribution in [2.75, 3.05) is 14.2 Å². The second-order valence-electron chi connectivity index (χ2n) is 3.43. The lowest BCUT2D eigenvalue weighted by atomic mass is 9.57. The maximum Gasteiger partial charge on any atom is 0.311 e. The minimum atomic E-state index is -1.16. The van der Waals surface area contributed by atoms with Crippen LogP contribution in [0.15, 0.2) is 12.2 Å². The van der Waals surface area contributed by atoms with Crippen LogP contribution in [0.1, 0.15) is 0 Å². The summed E-state index contributed by atoms with van der Waals surface area (Å²) in [4.78, 5) is 23.2. The highest BCUT2D eigenvalue weighted by atomic mass is 16.5. The molecule has 0 saturated carbocycles. The van der Waals surface area contributed by atoms with Crippen LogP contribution in [0.25, 0.3) is 0 Å². The second-order valence-corrected chi connectivity index (χ2v) is 3.43. The van der Waals surface area contributed by atoms with E-state index in [0.29, 0.717) is 0 Å². The molecule has 2 atom stereocenters. The topological polar surface area (TPSA) is 63.9 Å². The van der Waals surface area contributed by atoms with Crippen LogP contribution in [0.3, 0.4) is 0 Å². The first kappa shape index (κ1) is 9.76. The SMILES string of the molecule is COC(=O)C12C=CC1(C(=O)OC)[CH-][O+]=C2. The Morgan fingerprint density at radius 3 is 2.33 bits per heavy atom. The largest absolute Gasteiger partial charge is 0.469 e. The average Bonchev–Trinajstić information content (AvgIpc) is 2.50. The molecule has 0 spiro atoms. The monoisotopic (exact) mass is 210 g/mol. The Morgan fingerprint density at radius 1 is 1.20 bits per heavy atom. The molecule has 2 rings (SSSR count). The molecule has 0 aromatic carbocycles. The molecule has 0 aromatic heterocycles. The van der Waals surface area contributed by atoms with Crippen molar-refractivity contribution in [3.05, 3.63) is 18.8 Å². The predicted octanol–water partition coefficient (Wildman–Crippen LogP) is -0.215. The van der Waals surface area contributed by atoms with Gasteiger partial charge in [0.25, 0.3) is 0 Å². The number of carbonyl (C=O) groups is 2. The summed E-state index contributed by atoms with van der Waals surface area (Å²) in [6, 6.07) is 0. The molecule has 0 aromatic rings. The third-order valence-corrected chi connectivity index (χ3v) is 2.85. The average molecular weight is 210 g/mol. The maximum absolute atomic E-state index is 11.6. The van der Waals surface area contributed by atoms with Crippen molar-refractivity contribution < 1.29 is 23.5 Å². The van der Waals surface area contributed by atoms with E-state index in [1.807, 2.05) is 0 Å². The second kappa shape index (κ2) is 2.85. The van der Waals surface area contributed by atoms with Crippen LogP contribution in [-0.2, 0) is 23.5 Å². The highest BCUT2D eigenvalue weighted by Gasteiger charge is 2.68. The van der Waals surface area contributed by atoms with E-state index in [2.05, 4.69) is 9.47 Å². The molecule has 5 heteroatoms. The Kier molecular flexibility index (Phi) is 1.86. The van der Waals surface area contributed by atoms with Gasteiger partial charge < -0.3 is 13.9 Å². The number of hydrogen-bond donors (Lipinski definition) is 0. The van der Waals surface area contributed by atoms with E-state index in [0.717, 1.165) is 0 Å². The Bertz CT molecular complexity index is 383. The van der Waals surface area contributed by atoms with Crippen molar-refractivity contribution in [1.29, 1.82) is 0 Å². The smallest absolute Gasteiger partial charge is 0.311 e. The van der Waals surface area contributed by atoms with Gasteiger partial charge in [0.2, 0.25) is 0 Å². The van der Waals surface area contributed by atoms with Crippen molar-refractivity contribution in [3.63, 3.8) is 0 Å². The van der Waals surface area contributed by atoms with Crippen molar-refractivity contribution in [2.24, 2.45) is 10.8 Å². The van der Waals surface area contributed by atoms with Gasteiger partial charge in [-0.1, -0.05) is 12.2 Å². The van der Waals surface area contributed by atoms with Crippen LogP contribution < -0.4 is 0 Å². The first-order valence-corrected chi connectivity index (χ1v) is 4.34. The maximum atomic E-state index is 11.6. The molecule has 0 radical (unpaired) electrons. The normalized spacial score (nSPS) is 35.1. The number of hydrogen-bond acceptors (Lipinski definition) is 4. The zero-order chi connectivity index (χ0) is 11.1. The van der Waals surface area contributed by atoms with Gasteiger partial charge in [-0.15, -0.1) is 0 Å². The van der Waals surface area contributed by atoms with Crippen LogP contribution in [-0.4, -0.2) is 32.4 Å². The number of fused-ring (bicyclic) bond motifs is 1. The summed E-state index contributed by atoms with van der Waals surface area (Å²) in [5.74, 6) is -1.08. The molecular weight excluding hydrogens is 200 g/mol. The van der Waals surface area contributed by atoms with Gasteiger partial charge in [-0.3, -0.25) is 9.59 Å². The third kappa shape index (κ3) is 0.874. The first-order valence-electron chi connectivity index (χ1n) is 4.34. The van der Waals surface area contributed by atoms with Crippen molar-refractivity contribution in [3.8, 4) is 0 Å². The summed E-state index contributed by atoms with van der Waals surface area (Å²) < 4.78 is 14.3. The summed E-state index contributed by atoms with van der Waals surface area (Å²) in [6.07, 6.45) is 4.42. The fourth-order valence-electron chi connectivity index (χ4n) is 1.87. The van der Waals surface area contributed by atoms with Crippen LogP contribution in [0.5, 0.6) is 0 Å². The summed E-state index contributed by atoms with van der Waals surface area (Å²) >= 11 is 0. The zero-order valence-electron chi connectivity index (χ0n) is 8.35. The highest BCUT2D eigenvalue weighted by molar-refractivity contribution is 6.08. The van der Waals surface area contributed by atoms with Crippen molar-refractivity contribution in [1.82, 2.24) is 0 Å². The van der Waals surface area contributed by atoms with E-state index in [-0.39, 0.29) is 0 Å². The molecule has 2 aliphatic rings. The van der Waals surface area contributed by atoms with Crippen LogP contribution >= 0.6 is 0 Å². The number of rotatable bonds is 2. The molecule has 0 amide bonds. The van der Waals surface area contributed by atoms with Crippen LogP contribution in [0, 0.1) is 17.4 Å². The van der Waals surface area contributed by atoms with E-state index in [1.165, 1.54) is 27.1 Å². The van der Waals surface area contributed by atoms with Gasteiger partial charge in [-0.2, -0.15) is 0 Å². The molecule has 0 fully saturated rings. The molecule has 0 bridgehead atoms. The lowest BCUT2D eigenvalue weighted by Crippen LogP contribution is -2.55. The van der Waals surface area contributed by atoms with E-state index in [4.69, 9.17) is 4.42 Å². The standard InChI is InChI=1S/C10H10O5/c1-13-7(11)9-3-4-10(9,6-15-5-9)8(12)14-2/h3-6H,1-2H3. The Labute approximate surface area is 86.4 Å². The van der Waals surface area contributed by atoms with E-state index >= 15 is 0 Å². The Balaban J connectivity index is 2.42. The first-order chi connectivity index (χ1) is 7.13. The minimum absolute atomic E-state index is 0.538. The summed E-state index contributed by atoms with van der Waals surface area (Å²) in [5.41, 5.74) is -2.32. The summed E-state index contributed by atoms with van der Waals surface area (Å²) in [6.45, 7) is 1.29. The highest BCUT2D eigenvalue weighted by Crippen LogP contribution is 2.55. The number of aldehydes is 1. The Morgan fingerprint density at radius 2 is 1.87 bits per heavy atom. The van der Waals surface area contributed by atoms with Gasteiger partial charge in [0.05, 0.1) is 14.2 Å². The van der Waals surface area contributed by atoms with Gasteiger partial charge in [0.15, 0.2) is 12.9 Å². The number of carbonyl (C=O) groups excluding carboxylic acids is 3. The fourth-order valence-corrected chi connectivity index (χ4v) is 1.87. The molecular formula is C10H10O5. The van der Waals surface area contributed by atoms with E-state index in [1.54, 1.807) is 12.2 Å². The molecule has 0 saturated heterocycles. The van der Waals surface area contributed by atoms with Crippen LogP contribution in [0.4, 0.5) is 0 Å². The summed E-state index contributed by atoms with van der Waals surface area (Å²) in [7, 11) is 2.52. The molecule has 5 nitrogen and oxygen atoms in total. The van der Waals surface area contributed by atoms with Gasteiger partial charge in [0, 0.05) is 0 Å². The van der Waals surface area contributed by atoms with E-state index in [9.17, 15) is 9.59 Å². The third-order valence-electron chi connectivity index (χ3n) is 2.85. The lowest BCUT2D eigenvalue weighted by Gasteiger charge is -2.41. The van der Waals surface area contributed by atoms with Crippen LogP contribution in [0.2, 0.25) is 0 Å². The van der Waals surface area contributed by atoms with Gasteiger partial charge in [0.1, 0.15) is 10.8 Å². The lowest BCUT2D eigenvalue weighted by molar-refractivity contribution is -0.404. The quantitative estimate of drug-likeness (QED) is 0.158. The Hall–Kier alpha value is -1.78. The molecule has 1 heterocycles.